The SMILES string of the molecule is Cc1ccc(OP(=O)([O-])C(=O)[O-])cc1.[Na+].[Na+]. The van der Waals surface area contributed by atoms with Crippen LogP contribution < -0.4 is 73.6 Å². The summed E-state index contributed by atoms with van der Waals surface area (Å²) < 4.78 is 15.0. The first-order valence-electron chi connectivity index (χ1n) is 3.71. The Balaban J connectivity index is 0. The zero-order valence-electron chi connectivity index (χ0n) is 9.30. The molecule has 0 aromatic heterocycles. The zero-order chi connectivity index (χ0) is 10.8. The average Bonchev–Trinajstić information content (AvgIpc) is 2.08. The minimum Gasteiger partial charge on any atom is -0.765 e. The molecular formula is C8H7Na2O5P. The van der Waals surface area contributed by atoms with Crippen LogP contribution in [-0.4, -0.2) is 5.71 Å². The first-order valence-corrected chi connectivity index (χ1v) is 5.25. The molecule has 76 valence electrons. The number of carbonyl (C=O) groups excluding carboxylic acids is 1. The van der Waals surface area contributed by atoms with Crippen molar-refractivity contribution < 1.29 is 83.0 Å². The fourth-order valence-corrected chi connectivity index (χ4v) is 1.25. The van der Waals surface area contributed by atoms with E-state index in [9.17, 15) is 19.4 Å². The number of carboxylic acid groups (broad SMARTS) is 1. The summed E-state index contributed by atoms with van der Waals surface area (Å²) in [7, 11) is -4.95. The molecule has 0 amide bonds. The molecule has 0 fully saturated rings. The van der Waals surface area contributed by atoms with Crippen molar-refractivity contribution in [1.29, 1.82) is 0 Å². The molecule has 5 nitrogen and oxygen atoms in total. The van der Waals surface area contributed by atoms with Crippen molar-refractivity contribution in [2.24, 2.45) is 0 Å². The minimum absolute atomic E-state index is 0. The smallest absolute Gasteiger partial charge is 0.765 e. The quantitative estimate of drug-likeness (QED) is 0.399. The van der Waals surface area contributed by atoms with Crippen LogP contribution in [-0.2, 0) is 4.57 Å². The van der Waals surface area contributed by atoms with Gasteiger partial charge in [-0.15, -0.1) is 0 Å². The Morgan fingerprint density at radius 2 is 1.69 bits per heavy atom. The monoisotopic (exact) mass is 260 g/mol. The molecule has 0 aliphatic rings. The van der Waals surface area contributed by atoms with Crippen molar-refractivity contribution >= 4 is 13.3 Å². The van der Waals surface area contributed by atoms with E-state index in [1.807, 2.05) is 0 Å². The van der Waals surface area contributed by atoms with Gasteiger partial charge in [0.1, 0.15) is 11.5 Å². The maximum Gasteiger partial charge on any atom is 1.00 e. The number of hydrogen-bond donors (Lipinski definition) is 0. The van der Waals surface area contributed by atoms with E-state index >= 15 is 0 Å². The van der Waals surface area contributed by atoms with Gasteiger partial charge in [-0.25, -0.2) is 0 Å². The molecule has 1 atom stereocenters. The van der Waals surface area contributed by atoms with Gasteiger partial charge in [-0.2, -0.15) is 0 Å². The van der Waals surface area contributed by atoms with Gasteiger partial charge in [-0.1, -0.05) is 17.7 Å². The molecule has 0 heterocycles. The summed E-state index contributed by atoms with van der Waals surface area (Å²) in [4.78, 5) is 20.8. The second kappa shape index (κ2) is 7.90. The van der Waals surface area contributed by atoms with Crippen molar-refractivity contribution in [3.05, 3.63) is 29.8 Å². The first-order chi connectivity index (χ1) is 6.42. The Labute approximate surface area is 137 Å². The number of benzene rings is 1. The molecule has 0 aliphatic carbocycles. The van der Waals surface area contributed by atoms with Gasteiger partial charge in [-0.3, -0.25) is 4.57 Å². The number of aryl methyl sites for hydroxylation is 1. The van der Waals surface area contributed by atoms with Crippen molar-refractivity contribution in [2.75, 3.05) is 0 Å². The second-order valence-electron chi connectivity index (χ2n) is 2.67. The van der Waals surface area contributed by atoms with Crippen LogP contribution in [0.2, 0.25) is 0 Å². The standard InChI is InChI=1S/C8H9O5P.2Na/c1-6-2-4-7(5-3-6)13-14(11,12)8(9)10;;/h2-5H,1H3,(H,9,10)(H,11,12);;/q;2*+1/p-2. The molecule has 0 saturated heterocycles. The van der Waals surface area contributed by atoms with E-state index in [2.05, 4.69) is 4.52 Å². The van der Waals surface area contributed by atoms with E-state index < -0.39 is 13.3 Å². The minimum atomic E-state index is -4.95. The third-order valence-corrected chi connectivity index (χ3v) is 2.37. The third kappa shape index (κ3) is 5.84. The number of hydrogen-bond acceptors (Lipinski definition) is 5. The summed E-state index contributed by atoms with van der Waals surface area (Å²) >= 11 is 0. The van der Waals surface area contributed by atoms with E-state index in [1.165, 1.54) is 12.1 Å². The molecule has 0 radical (unpaired) electrons. The van der Waals surface area contributed by atoms with Crippen LogP contribution in [0.25, 0.3) is 0 Å². The maximum atomic E-state index is 10.7. The topological polar surface area (TPSA) is 89.5 Å². The average molecular weight is 260 g/mol. The van der Waals surface area contributed by atoms with Crippen LogP contribution in [0.4, 0.5) is 4.79 Å². The van der Waals surface area contributed by atoms with E-state index in [0.717, 1.165) is 5.56 Å². The van der Waals surface area contributed by atoms with Gasteiger partial charge in [0.2, 0.25) is 7.60 Å². The van der Waals surface area contributed by atoms with E-state index in [0.29, 0.717) is 0 Å². The summed E-state index contributed by atoms with van der Waals surface area (Å²) in [5, 5.41) is 10.1. The maximum absolute atomic E-state index is 10.7. The normalized spacial score (nSPS) is 12.6. The fraction of sp³-hybridized carbons (Fsp3) is 0.125. The molecule has 0 saturated carbocycles. The molecule has 0 spiro atoms. The van der Waals surface area contributed by atoms with Crippen LogP contribution in [0.1, 0.15) is 5.56 Å². The first kappa shape index (κ1) is 19.0. The fourth-order valence-electron chi connectivity index (χ4n) is 0.775. The largest absolute Gasteiger partial charge is 1.00 e. The Morgan fingerprint density at radius 3 is 2.06 bits per heavy atom. The van der Waals surface area contributed by atoms with Crippen molar-refractivity contribution in [3.63, 3.8) is 0 Å². The third-order valence-electron chi connectivity index (χ3n) is 1.47. The van der Waals surface area contributed by atoms with Gasteiger partial charge in [-0.05, 0) is 19.1 Å². The van der Waals surface area contributed by atoms with E-state index in [-0.39, 0.29) is 64.9 Å². The molecule has 0 bridgehead atoms. The molecule has 1 aromatic rings. The van der Waals surface area contributed by atoms with Crippen LogP contribution in [0.15, 0.2) is 24.3 Å². The Kier molecular flexibility index (Phi) is 9.40. The number of rotatable bonds is 3. The van der Waals surface area contributed by atoms with Crippen molar-refractivity contribution in [2.45, 2.75) is 6.92 Å². The van der Waals surface area contributed by atoms with Gasteiger partial charge >= 0.3 is 59.1 Å². The van der Waals surface area contributed by atoms with Crippen LogP contribution in [0.3, 0.4) is 0 Å². The van der Waals surface area contributed by atoms with Crippen LogP contribution >= 0.6 is 7.60 Å². The Morgan fingerprint density at radius 1 is 1.25 bits per heavy atom. The Hall–Kier alpha value is 0.680. The summed E-state index contributed by atoms with van der Waals surface area (Å²) in [6.45, 7) is 1.80. The Bertz CT molecular complexity index is 392. The second-order valence-corrected chi connectivity index (χ2v) is 4.21. The summed E-state index contributed by atoms with van der Waals surface area (Å²) in [6, 6.07) is 5.93. The van der Waals surface area contributed by atoms with E-state index in [1.54, 1.807) is 19.1 Å². The molecule has 1 aromatic carbocycles. The molecule has 8 heteroatoms. The number of carbonyl (C=O) groups is 1. The molecule has 0 N–H and O–H groups in total. The van der Waals surface area contributed by atoms with Gasteiger partial charge < -0.3 is 19.3 Å². The molecular weight excluding hydrogens is 253 g/mol. The predicted octanol–water partition coefficient (Wildman–Crippen LogP) is -5.72. The van der Waals surface area contributed by atoms with Gasteiger partial charge in [0.15, 0.2) is 0 Å². The molecule has 1 rings (SSSR count). The summed E-state index contributed by atoms with van der Waals surface area (Å²) in [5.41, 5.74) is -1.32. The van der Waals surface area contributed by atoms with Gasteiger partial charge in [0.05, 0.1) is 0 Å². The summed E-state index contributed by atoms with van der Waals surface area (Å²) in [5.74, 6) is -0.0434. The van der Waals surface area contributed by atoms with Crippen molar-refractivity contribution in [3.8, 4) is 5.75 Å². The molecule has 0 aliphatic heterocycles. The van der Waals surface area contributed by atoms with Gasteiger partial charge in [0, 0.05) is 0 Å². The molecule has 16 heavy (non-hydrogen) atoms. The molecule has 1 unspecified atom stereocenters. The van der Waals surface area contributed by atoms with E-state index in [4.69, 9.17) is 0 Å². The predicted molar refractivity (Wildman–Crippen MR) is 44.8 cm³/mol. The summed E-state index contributed by atoms with van der Waals surface area (Å²) in [6.07, 6.45) is 0. The van der Waals surface area contributed by atoms with Crippen LogP contribution in [0, 0.1) is 6.92 Å². The van der Waals surface area contributed by atoms with Crippen molar-refractivity contribution in [1.82, 2.24) is 0 Å². The zero-order valence-corrected chi connectivity index (χ0v) is 14.2. The van der Waals surface area contributed by atoms with Crippen LogP contribution in [0.5, 0.6) is 5.75 Å². The van der Waals surface area contributed by atoms with Gasteiger partial charge in [0.25, 0.3) is 0 Å².